The number of rotatable bonds is 4. The van der Waals surface area contributed by atoms with Gasteiger partial charge in [-0.1, -0.05) is 41.4 Å². The Balaban J connectivity index is 1.45. The van der Waals surface area contributed by atoms with Crippen molar-refractivity contribution in [2.75, 3.05) is 23.3 Å². The fourth-order valence-corrected chi connectivity index (χ4v) is 4.41. The fraction of sp³-hybridized carbons (Fsp3) is 0.250. The molecule has 1 amide bonds. The van der Waals surface area contributed by atoms with Gasteiger partial charge in [-0.15, -0.1) is 0 Å². The van der Waals surface area contributed by atoms with Crippen molar-refractivity contribution in [1.29, 1.82) is 0 Å². The Morgan fingerprint density at radius 2 is 1.81 bits per heavy atom. The van der Waals surface area contributed by atoms with Crippen molar-refractivity contribution in [3.63, 3.8) is 0 Å². The van der Waals surface area contributed by atoms with Crippen LogP contribution in [0.4, 0.5) is 11.4 Å². The van der Waals surface area contributed by atoms with E-state index >= 15 is 0 Å². The summed E-state index contributed by atoms with van der Waals surface area (Å²) in [6, 6.07) is 14.6. The number of aryl methyl sites for hydroxylation is 1. The van der Waals surface area contributed by atoms with Gasteiger partial charge in [0.05, 0.1) is 16.4 Å². The first-order valence-electron chi connectivity index (χ1n) is 10.4. The van der Waals surface area contributed by atoms with Gasteiger partial charge in [-0.05, 0) is 74.3 Å². The van der Waals surface area contributed by atoms with E-state index in [0.29, 0.717) is 15.8 Å². The number of anilines is 2. The zero-order chi connectivity index (χ0) is 22.7. The third-order valence-corrected chi connectivity index (χ3v) is 6.34. The minimum absolute atomic E-state index is 0.156. The van der Waals surface area contributed by atoms with Crippen LogP contribution in [0, 0.1) is 6.92 Å². The predicted molar refractivity (Wildman–Crippen MR) is 135 cm³/mol. The average molecular weight is 488 g/mol. The first-order valence-corrected chi connectivity index (χ1v) is 11.6. The molecule has 0 saturated carbocycles. The summed E-state index contributed by atoms with van der Waals surface area (Å²) in [5.41, 5.74) is 3.44. The second-order valence-electron chi connectivity index (χ2n) is 7.72. The summed E-state index contributed by atoms with van der Waals surface area (Å²) in [4.78, 5) is 14.9. The number of carbonyl (C=O) groups excluding carboxylic acids is 1. The molecule has 1 aliphatic heterocycles. The van der Waals surface area contributed by atoms with Crippen LogP contribution in [0.3, 0.4) is 0 Å². The minimum Gasteiger partial charge on any atom is -0.451 e. The molecule has 3 aromatic rings. The minimum atomic E-state index is -0.437. The Kier molecular flexibility index (Phi) is 7.04. The lowest BCUT2D eigenvalue weighted by molar-refractivity contribution is 0.0951. The third-order valence-electron chi connectivity index (χ3n) is 5.42. The van der Waals surface area contributed by atoms with Crippen molar-refractivity contribution in [3.8, 4) is 11.3 Å². The van der Waals surface area contributed by atoms with Crippen LogP contribution in [-0.2, 0) is 0 Å². The van der Waals surface area contributed by atoms with Gasteiger partial charge in [0, 0.05) is 23.7 Å². The molecule has 0 radical (unpaired) electrons. The average Bonchev–Trinajstić information content (AvgIpc) is 3.27. The van der Waals surface area contributed by atoms with Crippen molar-refractivity contribution < 1.29 is 9.21 Å². The van der Waals surface area contributed by atoms with E-state index in [9.17, 15) is 4.79 Å². The quantitative estimate of drug-likeness (QED) is 0.402. The summed E-state index contributed by atoms with van der Waals surface area (Å²) in [6.07, 6.45) is 3.47. The molecule has 0 aliphatic carbocycles. The zero-order valence-corrected chi connectivity index (χ0v) is 19.9. The summed E-state index contributed by atoms with van der Waals surface area (Å²) in [7, 11) is 0. The van der Waals surface area contributed by atoms with Crippen LogP contribution in [0.5, 0.6) is 0 Å². The number of furan rings is 1. The Hall–Kier alpha value is -2.54. The van der Waals surface area contributed by atoms with Gasteiger partial charge in [0.2, 0.25) is 0 Å². The van der Waals surface area contributed by atoms with Gasteiger partial charge in [0.15, 0.2) is 10.9 Å². The summed E-state index contributed by atoms with van der Waals surface area (Å²) in [5, 5.41) is 7.26. The molecule has 2 heterocycles. The highest BCUT2D eigenvalue weighted by atomic mass is 35.5. The lowest BCUT2D eigenvalue weighted by atomic mass is 10.1. The van der Waals surface area contributed by atoms with E-state index in [1.807, 2.05) is 43.3 Å². The largest absolute Gasteiger partial charge is 0.451 e. The first-order chi connectivity index (χ1) is 15.4. The third kappa shape index (κ3) is 5.09. The van der Waals surface area contributed by atoms with E-state index < -0.39 is 5.91 Å². The van der Waals surface area contributed by atoms with Crippen molar-refractivity contribution in [2.24, 2.45) is 0 Å². The smallest absolute Gasteiger partial charge is 0.293 e. The van der Waals surface area contributed by atoms with E-state index in [4.69, 9.17) is 39.8 Å². The van der Waals surface area contributed by atoms with Gasteiger partial charge < -0.3 is 14.6 Å². The van der Waals surface area contributed by atoms with Crippen LogP contribution in [0.25, 0.3) is 11.3 Å². The second-order valence-corrected chi connectivity index (χ2v) is 8.94. The zero-order valence-electron chi connectivity index (χ0n) is 17.6. The normalized spacial score (nSPS) is 13.7. The molecule has 1 aliphatic rings. The number of halogens is 2. The highest BCUT2D eigenvalue weighted by Gasteiger charge is 2.19. The fourth-order valence-electron chi connectivity index (χ4n) is 3.73. The molecule has 4 rings (SSSR count). The van der Waals surface area contributed by atoms with E-state index in [1.165, 1.54) is 6.42 Å². The van der Waals surface area contributed by atoms with Gasteiger partial charge in [0.25, 0.3) is 5.91 Å². The number of benzene rings is 2. The number of piperidine rings is 1. The summed E-state index contributed by atoms with van der Waals surface area (Å²) >= 11 is 18.1. The Bertz CT molecular complexity index is 1160. The molecule has 1 aromatic heterocycles. The number of amides is 1. The monoisotopic (exact) mass is 487 g/mol. The Morgan fingerprint density at radius 3 is 2.56 bits per heavy atom. The number of nitrogens with one attached hydrogen (secondary N) is 2. The predicted octanol–water partition coefficient (Wildman–Crippen LogP) is 6.68. The van der Waals surface area contributed by atoms with E-state index in [1.54, 1.807) is 12.1 Å². The Labute approximate surface area is 202 Å². The molecule has 2 aromatic carbocycles. The van der Waals surface area contributed by atoms with Crippen LogP contribution in [0.2, 0.25) is 10.0 Å². The molecule has 166 valence electrons. The topological polar surface area (TPSA) is 57.5 Å². The van der Waals surface area contributed by atoms with Crippen molar-refractivity contribution >= 4 is 57.8 Å². The molecule has 0 bridgehead atoms. The molecular weight excluding hydrogens is 465 g/mol. The highest BCUT2D eigenvalue weighted by molar-refractivity contribution is 7.80. The van der Waals surface area contributed by atoms with Crippen molar-refractivity contribution in [2.45, 2.75) is 26.2 Å². The molecule has 2 N–H and O–H groups in total. The van der Waals surface area contributed by atoms with Crippen LogP contribution in [0.15, 0.2) is 52.9 Å². The van der Waals surface area contributed by atoms with Crippen LogP contribution < -0.4 is 15.5 Å². The molecule has 5 nitrogen and oxygen atoms in total. The van der Waals surface area contributed by atoms with Crippen LogP contribution in [0.1, 0.15) is 35.4 Å². The summed E-state index contributed by atoms with van der Waals surface area (Å²) in [6.45, 7) is 3.81. The number of nitrogens with zero attached hydrogens (tertiary/aromatic N) is 1. The number of hydrogen-bond acceptors (Lipinski definition) is 4. The molecule has 1 saturated heterocycles. The van der Waals surface area contributed by atoms with Crippen LogP contribution >= 0.6 is 35.4 Å². The maximum absolute atomic E-state index is 12.7. The van der Waals surface area contributed by atoms with Crippen LogP contribution in [-0.4, -0.2) is 24.1 Å². The van der Waals surface area contributed by atoms with Crippen molar-refractivity contribution in [1.82, 2.24) is 5.32 Å². The molecule has 0 atom stereocenters. The lowest BCUT2D eigenvalue weighted by Gasteiger charge is -2.31. The maximum atomic E-state index is 12.7. The maximum Gasteiger partial charge on any atom is 0.293 e. The van der Waals surface area contributed by atoms with Gasteiger partial charge in [-0.25, -0.2) is 0 Å². The molecule has 1 fully saturated rings. The summed E-state index contributed by atoms with van der Waals surface area (Å²) < 4.78 is 5.73. The lowest BCUT2D eigenvalue weighted by Crippen LogP contribution is -2.35. The number of thiocarbonyl (C=S) groups is 1. The Morgan fingerprint density at radius 1 is 1.03 bits per heavy atom. The number of hydrogen-bond donors (Lipinski definition) is 2. The molecule has 8 heteroatoms. The van der Waals surface area contributed by atoms with E-state index in [-0.39, 0.29) is 10.9 Å². The van der Waals surface area contributed by atoms with E-state index in [0.717, 1.165) is 48.4 Å². The SMILES string of the molecule is Cc1ccc(-c2ccc(C(=O)NC(=S)Nc3cccc(Cl)c3N3CCCCC3)o2)cc1Cl. The number of carbonyl (C=O) groups is 1. The molecular formula is C24H23Cl2N3O2S. The number of para-hydroxylation sites is 1. The highest BCUT2D eigenvalue weighted by Crippen LogP contribution is 2.35. The van der Waals surface area contributed by atoms with E-state index in [2.05, 4.69) is 15.5 Å². The standard InChI is InChI=1S/C24H23Cl2N3O2S/c1-15-8-9-16(14-18(15)26)20-10-11-21(31-20)23(30)28-24(32)27-19-7-5-6-17(25)22(19)29-12-3-2-4-13-29/h5-11,14H,2-4,12-13H2,1H3,(H2,27,28,30,32). The van der Waals surface area contributed by atoms with Gasteiger partial charge in [-0.2, -0.15) is 0 Å². The van der Waals surface area contributed by atoms with Gasteiger partial charge in [0.1, 0.15) is 5.76 Å². The van der Waals surface area contributed by atoms with Gasteiger partial charge >= 0.3 is 0 Å². The first kappa shape index (κ1) is 22.6. The molecule has 0 unspecified atom stereocenters. The second kappa shape index (κ2) is 9.94. The van der Waals surface area contributed by atoms with Gasteiger partial charge in [-0.3, -0.25) is 10.1 Å². The van der Waals surface area contributed by atoms with Crippen molar-refractivity contribution in [3.05, 3.63) is 69.9 Å². The molecule has 32 heavy (non-hydrogen) atoms. The molecule has 0 spiro atoms. The summed E-state index contributed by atoms with van der Waals surface area (Å²) in [5.74, 6) is 0.273.